The zero-order chi connectivity index (χ0) is 14.5. The highest BCUT2D eigenvalue weighted by atomic mass is 16.5. The highest BCUT2D eigenvalue weighted by Crippen LogP contribution is 2.22. The number of ether oxygens (including phenoxy) is 1. The lowest BCUT2D eigenvalue weighted by Crippen LogP contribution is -2.37. The third kappa shape index (κ3) is 4.22. The second-order valence-corrected chi connectivity index (χ2v) is 6.18. The minimum atomic E-state index is 0.348. The summed E-state index contributed by atoms with van der Waals surface area (Å²) in [6, 6.07) is 8.69. The monoisotopic (exact) mass is 276 g/mol. The van der Waals surface area contributed by atoms with Crippen LogP contribution in [0.4, 0.5) is 5.69 Å². The Bertz CT molecular complexity index is 409. The minimum Gasteiger partial charge on any atom is -0.377 e. The number of hydrogen-bond acceptors (Lipinski definition) is 3. The van der Waals surface area contributed by atoms with E-state index < -0.39 is 0 Å². The fraction of sp³-hybridized carbons (Fsp3) is 0.647. The van der Waals surface area contributed by atoms with Crippen LogP contribution in [0.15, 0.2) is 24.3 Å². The molecular formula is C17H28N2O. The molecule has 0 spiro atoms. The molecule has 0 radical (unpaired) electrons. The van der Waals surface area contributed by atoms with E-state index in [1.54, 1.807) is 0 Å². The van der Waals surface area contributed by atoms with Gasteiger partial charge in [-0.3, -0.25) is 4.90 Å². The highest BCUT2D eigenvalue weighted by molar-refractivity contribution is 5.52. The molecule has 0 bridgehead atoms. The lowest BCUT2D eigenvalue weighted by molar-refractivity contribution is -0.0279. The Kier molecular flexibility index (Phi) is 5.44. The predicted molar refractivity (Wildman–Crippen MR) is 85.3 cm³/mol. The SMILES string of the molecule is CC(C)OC1CCN(Cc2ccccc2N(C)C)CC1. The lowest BCUT2D eigenvalue weighted by Gasteiger charge is -2.33. The van der Waals surface area contributed by atoms with Crippen molar-refractivity contribution in [2.75, 3.05) is 32.1 Å². The molecule has 112 valence electrons. The molecule has 1 aliphatic heterocycles. The molecule has 1 saturated heterocycles. The number of piperidine rings is 1. The van der Waals surface area contributed by atoms with Gasteiger partial charge in [-0.05, 0) is 38.3 Å². The van der Waals surface area contributed by atoms with E-state index >= 15 is 0 Å². The quantitative estimate of drug-likeness (QED) is 0.821. The van der Waals surface area contributed by atoms with E-state index in [1.165, 1.54) is 11.3 Å². The standard InChI is InChI=1S/C17H28N2O/c1-14(2)20-16-9-11-19(12-10-16)13-15-7-5-6-8-17(15)18(3)4/h5-8,14,16H,9-13H2,1-4H3. The molecule has 1 aromatic rings. The molecule has 0 atom stereocenters. The summed E-state index contributed by atoms with van der Waals surface area (Å²) < 4.78 is 5.92. The van der Waals surface area contributed by atoms with Gasteiger partial charge in [-0.1, -0.05) is 18.2 Å². The van der Waals surface area contributed by atoms with Crippen molar-refractivity contribution in [3.05, 3.63) is 29.8 Å². The summed E-state index contributed by atoms with van der Waals surface area (Å²) in [5, 5.41) is 0. The zero-order valence-corrected chi connectivity index (χ0v) is 13.3. The molecule has 20 heavy (non-hydrogen) atoms. The molecule has 1 aromatic carbocycles. The third-order valence-corrected chi connectivity index (χ3v) is 3.87. The second kappa shape index (κ2) is 7.09. The summed E-state index contributed by atoms with van der Waals surface area (Å²) in [7, 11) is 4.23. The minimum absolute atomic E-state index is 0.348. The van der Waals surface area contributed by atoms with Crippen LogP contribution in [0.1, 0.15) is 32.3 Å². The molecule has 1 heterocycles. The maximum absolute atomic E-state index is 5.92. The van der Waals surface area contributed by atoms with Crippen molar-refractivity contribution in [1.29, 1.82) is 0 Å². The van der Waals surface area contributed by atoms with Crippen LogP contribution in [0.2, 0.25) is 0 Å². The first-order valence-electron chi connectivity index (χ1n) is 7.69. The number of rotatable bonds is 5. The number of hydrogen-bond donors (Lipinski definition) is 0. The normalized spacial score (nSPS) is 17.6. The van der Waals surface area contributed by atoms with Crippen LogP contribution in [-0.4, -0.2) is 44.3 Å². The van der Waals surface area contributed by atoms with Crippen molar-refractivity contribution in [1.82, 2.24) is 4.90 Å². The van der Waals surface area contributed by atoms with Crippen LogP contribution in [0.25, 0.3) is 0 Å². The van der Waals surface area contributed by atoms with Crippen molar-refractivity contribution >= 4 is 5.69 Å². The van der Waals surface area contributed by atoms with Crippen molar-refractivity contribution in [3.63, 3.8) is 0 Å². The zero-order valence-electron chi connectivity index (χ0n) is 13.3. The molecule has 1 fully saturated rings. The second-order valence-electron chi connectivity index (χ2n) is 6.18. The van der Waals surface area contributed by atoms with Gasteiger partial charge in [0, 0.05) is 39.4 Å². The number of benzene rings is 1. The Morgan fingerprint density at radius 3 is 2.45 bits per heavy atom. The summed E-state index contributed by atoms with van der Waals surface area (Å²) in [6.45, 7) is 7.57. The van der Waals surface area contributed by atoms with Gasteiger partial charge in [0.15, 0.2) is 0 Å². The summed E-state index contributed by atoms with van der Waals surface area (Å²) >= 11 is 0. The summed E-state index contributed by atoms with van der Waals surface area (Å²) in [5.41, 5.74) is 2.74. The first-order valence-corrected chi connectivity index (χ1v) is 7.69. The van der Waals surface area contributed by atoms with Gasteiger partial charge >= 0.3 is 0 Å². The van der Waals surface area contributed by atoms with Crippen molar-refractivity contribution in [2.24, 2.45) is 0 Å². The first-order chi connectivity index (χ1) is 9.56. The smallest absolute Gasteiger partial charge is 0.0603 e. The Morgan fingerprint density at radius 1 is 1.20 bits per heavy atom. The highest BCUT2D eigenvalue weighted by Gasteiger charge is 2.21. The molecule has 0 N–H and O–H groups in total. The van der Waals surface area contributed by atoms with Gasteiger partial charge in [-0.25, -0.2) is 0 Å². The van der Waals surface area contributed by atoms with E-state index in [0.717, 1.165) is 32.5 Å². The van der Waals surface area contributed by atoms with Gasteiger partial charge in [0.1, 0.15) is 0 Å². The van der Waals surface area contributed by atoms with Crippen LogP contribution in [0.3, 0.4) is 0 Å². The summed E-state index contributed by atoms with van der Waals surface area (Å²) in [4.78, 5) is 4.74. The Balaban J connectivity index is 1.90. The van der Waals surface area contributed by atoms with E-state index in [2.05, 4.69) is 62.0 Å². The van der Waals surface area contributed by atoms with Crippen LogP contribution in [0, 0.1) is 0 Å². The van der Waals surface area contributed by atoms with Crippen molar-refractivity contribution in [3.8, 4) is 0 Å². The molecule has 0 amide bonds. The molecule has 0 aliphatic carbocycles. The van der Waals surface area contributed by atoms with E-state index in [0.29, 0.717) is 12.2 Å². The molecule has 2 rings (SSSR count). The predicted octanol–water partition coefficient (Wildman–Crippen LogP) is 3.14. The lowest BCUT2D eigenvalue weighted by atomic mass is 10.1. The van der Waals surface area contributed by atoms with E-state index in [1.807, 2.05) is 0 Å². The fourth-order valence-corrected chi connectivity index (χ4v) is 2.91. The van der Waals surface area contributed by atoms with Crippen molar-refractivity contribution in [2.45, 2.75) is 45.4 Å². The van der Waals surface area contributed by atoms with Gasteiger partial charge in [-0.15, -0.1) is 0 Å². The average molecular weight is 276 g/mol. The van der Waals surface area contributed by atoms with Gasteiger partial charge < -0.3 is 9.64 Å². The molecule has 0 unspecified atom stereocenters. The number of nitrogens with zero attached hydrogens (tertiary/aromatic N) is 2. The summed E-state index contributed by atoms with van der Waals surface area (Å²) in [5.74, 6) is 0. The number of likely N-dealkylation sites (tertiary alicyclic amines) is 1. The fourth-order valence-electron chi connectivity index (χ4n) is 2.91. The van der Waals surface area contributed by atoms with Crippen LogP contribution < -0.4 is 4.90 Å². The van der Waals surface area contributed by atoms with Crippen LogP contribution in [0.5, 0.6) is 0 Å². The molecule has 0 saturated carbocycles. The molecular weight excluding hydrogens is 248 g/mol. The van der Waals surface area contributed by atoms with Gasteiger partial charge in [0.2, 0.25) is 0 Å². The van der Waals surface area contributed by atoms with Crippen molar-refractivity contribution < 1.29 is 4.74 Å². The number of anilines is 1. The van der Waals surface area contributed by atoms with E-state index in [-0.39, 0.29) is 0 Å². The molecule has 0 aromatic heterocycles. The van der Waals surface area contributed by atoms with Crippen LogP contribution in [-0.2, 0) is 11.3 Å². The Hall–Kier alpha value is -1.06. The largest absolute Gasteiger partial charge is 0.377 e. The maximum Gasteiger partial charge on any atom is 0.0603 e. The number of para-hydroxylation sites is 1. The van der Waals surface area contributed by atoms with E-state index in [4.69, 9.17) is 4.74 Å². The van der Waals surface area contributed by atoms with Gasteiger partial charge in [-0.2, -0.15) is 0 Å². The molecule has 3 heteroatoms. The summed E-state index contributed by atoms with van der Waals surface area (Å²) in [6.07, 6.45) is 3.11. The molecule has 3 nitrogen and oxygen atoms in total. The Labute approximate surface area is 123 Å². The maximum atomic E-state index is 5.92. The van der Waals surface area contributed by atoms with Gasteiger partial charge in [0.05, 0.1) is 12.2 Å². The third-order valence-electron chi connectivity index (χ3n) is 3.87. The molecule has 1 aliphatic rings. The topological polar surface area (TPSA) is 15.7 Å². The average Bonchev–Trinajstić information content (AvgIpc) is 2.41. The van der Waals surface area contributed by atoms with Crippen LogP contribution >= 0.6 is 0 Å². The first kappa shape index (κ1) is 15.3. The van der Waals surface area contributed by atoms with Gasteiger partial charge in [0.25, 0.3) is 0 Å². The van der Waals surface area contributed by atoms with E-state index in [9.17, 15) is 0 Å². The Morgan fingerprint density at radius 2 is 1.85 bits per heavy atom.